The van der Waals surface area contributed by atoms with Crippen LogP contribution >= 0.6 is 0 Å². The normalized spacial score (nSPS) is 19.6. The molecule has 4 atom stereocenters. The van der Waals surface area contributed by atoms with E-state index in [2.05, 4.69) is 13.2 Å². The maximum absolute atomic E-state index is 12.2. The van der Waals surface area contributed by atoms with E-state index in [4.69, 9.17) is 16.5 Å². The molecule has 4 N–H and O–H groups in total. The Balaban J connectivity index is 0. The molecular weight excluding hydrogens is 627 g/mol. The predicted molar refractivity (Wildman–Crippen MR) is 146 cm³/mol. The molecule has 0 radical (unpaired) electrons. The lowest BCUT2D eigenvalue weighted by Crippen LogP contribution is -2.54. The first-order chi connectivity index (χ1) is 16.4. The van der Waals surface area contributed by atoms with Crippen LogP contribution < -0.4 is 0 Å². The molecule has 8 nitrogen and oxygen atoms in total. The molecule has 228 valence electrons. The van der Waals surface area contributed by atoms with Gasteiger partial charge in [0.05, 0.1) is 0 Å². The zero-order chi connectivity index (χ0) is 31.1. The Morgan fingerprint density at radius 2 is 0.789 bits per heavy atom. The molecule has 0 aromatic carbocycles. The van der Waals surface area contributed by atoms with Crippen LogP contribution in [0.15, 0.2) is 24.6 Å². The molecule has 0 aromatic heterocycles. The molecule has 0 aliphatic carbocycles. The van der Waals surface area contributed by atoms with E-state index in [1.807, 2.05) is 0 Å². The van der Waals surface area contributed by atoms with E-state index in [0.717, 1.165) is 0 Å². The molecular formula is C18H42F6O8Si6. The Morgan fingerprint density at radius 3 is 0.947 bits per heavy atom. The fraction of sp³-hybridized carbons (Fsp3) is 0.778. The van der Waals surface area contributed by atoms with Crippen molar-refractivity contribution in [2.45, 2.75) is 89.7 Å². The van der Waals surface area contributed by atoms with Crippen molar-refractivity contribution in [2.24, 2.45) is 0 Å². The summed E-state index contributed by atoms with van der Waals surface area (Å²) in [6.07, 6.45) is -10.9. The number of alkyl halides is 6. The number of hydrogen-bond donors (Lipinski definition) is 4. The van der Waals surface area contributed by atoms with Gasteiger partial charge < -0.3 is 35.6 Å². The second kappa shape index (κ2) is 14.3. The van der Waals surface area contributed by atoms with Crippen molar-refractivity contribution in [3.63, 3.8) is 0 Å². The first-order valence-electron chi connectivity index (χ1n) is 11.5. The molecule has 20 heteroatoms. The van der Waals surface area contributed by atoms with Crippen LogP contribution in [0.3, 0.4) is 0 Å². The van der Waals surface area contributed by atoms with E-state index >= 15 is 0 Å². The van der Waals surface area contributed by atoms with Gasteiger partial charge in [-0.2, -0.15) is 26.3 Å². The molecule has 0 fully saturated rings. The molecule has 0 bridgehead atoms. The first-order valence-corrected chi connectivity index (χ1v) is 27.1. The second-order valence-electron chi connectivity index (χ2n) is 10.3. The predicted octanol–water partition coefficient (Wildman–Crippen LogP) is 5.06. The highest BCUT2D eigenvalue weighted by Gasteiger charge is 2.45. The summed E-state index contributed by atoms with van der Waals surface area (Å²) < 4.78 is 94.6. The summed E-state index contributed by atoms with van der Waals surface area (Å²) in [6.45, 7) is 18.7. The summed E-state index contributed by atoms with van der Waals surface area (Å²) in [5.41, 5.74) is 2.71. The molecule has 0 aliphatic rings. The monoisotopic (exact) mass is 668 g/mol. The van der Waals surface area contributed by atoms with Crippen LogP contribution in [0, 0.1) is 0 Å². The highest BCUT2D eigenvalue weighted by molar-refractivity contribution is 6.88. The molecule has 0 saturated carbocycles. The van der Waals surface area contributed by atoms with Crippen LogP contribution in [0.2, 0.25) is 64.5 Å². The maximum Gasteiger partial charge on any atom is 0.389 e. The quantitative estimate of drug-likeness (QED) is 0.150. The summed E-state index contributed by atoms with van der Waals surface area (Å²) in [5, 5.41) is 0. The Kier molecular flexibility index (Phi) is 15.1. The van der Waals surface area contributed by atoms with E-state index in [0.29, 0.717) is 0 Å². The van der Waals surface area contributed by atoms with Crippen molar-refractivity contribution in [1.29, 1.82) is 0 Å². The van der Waals surface area contributed by atoms with Crippen LogP contribution in [-0.2, 0) is 16.5 Å². The highest BCUT2D eigenvalue weighted by Crippen LogP contribution is 2.29. The Labute approximate surface area is 227 Å². The Bertz CT molecular complexity index is 696. The minimum absolute atomic E-state index is 0.469. The van der Waals surface area contributed by atoms with Crippen LogP contribution in [0.1, 0.15) is 12.8 Å². The zero-order valence-corrected chi connectivity index (χ0v) is 29.1. The number of rotatable bonds is 14. The lowest BCUT2D eigenvalue weighted by atomic mass is 10.5. The van der Waals surface area contributed by atoms with Gasteiger partial charge in [0.15, 0.2) is 0 Å². The Morgan fingerprint density at radius 1 is 0.553 bits per heavy atom. The molecule has 0 aromatic rings. The maximum atomic E-state index is 12.2. The van der Waals surface area contributed by atoms with Crippen LogP contribution in [0.4, 0.5) is 26.3 Å². The van der Waals surface area contributed by atoms with Crippen LogP contribution in [0.5, 0.6) is 0 Å². The van der Waals surface area contributed by atoms with Gasteiger partial charge in [-0.1, -0.05) is 11.4 Å². The summed E-state index contributed by atoms with van der Waals surface area (Å²) in [4.78, 5) is 39.4. The number of halogens is 6. The largest absolute Gasteiger partial charge is 0.412 e. The molecule has 38 heavy (non-hydrogen) atoms. The van der Waals surface area contributed by atoms with Gasteiger partial charge in [0.25, 0.3) is 0 Å². The van der Waals surface area contributed by atoms with Gasteiger partial charge in [0.2, 0.25) is 0 Å². The van der Waals surface area contributed by atoms with Gasteiger partial charge in [0.1, 0.15) is 0 Å². The molecule has 0 aliphatic heterocycles. The van der Waals surface area contributed by atoms with Crippen molar-refractivity contribution in [3.8, 4) is 0 Å². The van der Waals surface area contributed by atoms with E-state index in [1.165, 1.54) is 50.7 Å². The van der Waals surface area contributed by atoms with Crippen LogP contribution in [-0.4, -0.2) is 82.9 Å². The third kappa shape index (κ3) is 22.8. The molecule has 0 heterocycles. The van der Waals surface area contributed by atoms with Crippen molar-refractivity contribution in [1.82, 2.24) is 0 Å². The first kappa shape index (κ1) is 40.2. The third-order valence-electron chi connectivity index (χ3n) is 4.24. The minimum atomic E-state index is -4.33. The third-order valence-corrected chi connectivity index (χ3v) is 22.1. The fourth-order valence-electron chi connectivity index (χ4n) is 2.92. The smallest absolute Gasteiger partial charge is 0.389 e. The van der Waals surface area contributed by atoms with Gasteiger partial charge in [-0.05, 0) is 64.5 Å². The number of hydrogen-bond acceptors (Lipinski definition) is 8. The van der Waals surface area contributed by atoms with Crippen molar-refractivity contribution < 1.29 is 62.0 Å². The minimum Gasteiger partial charge on any atom is -0.412 e. The van der Waals surface area contributed by atoms with Crippen molar-refractivity contribution >= 4 is 51.4 Å². The van der Waals surface area contributed by atoms with E-state index in [9.17, 15) is 45.5 Å². The van der Waals surface area contributed by atoms with Crippen LogP contribution in [0.25, 0.3) is 0 Å². The Hall–Kier alpha value is 0.0413. The lowest BCUT2D eigenvalue weighted by molar-refractivity contribution is -0.132. The molecule has 0 rings (SSSR count). The van der Waals surface area contributed by atoms with Crippen molar-refractivity contribution in [2.75, 3.05) is 0 Å². The van der Waals surface area contributed by atoms with E-state index in [1.54, 1.807) is 13.1 Å². The highest BCUT2D eigenvalue weighted by atomic mass is 28.5. The molecule has 4 unspecified atom stereocenters. The second-order valence-corrected chi connectivity index (χ2v) is 30.0. The van der Waals surface area contributed by atoms with Gasteiger partial charge in [0, 0.05) is 12.8 Å². The zero-order valence-electron chi connectivity index (χ0n) is 23.1. The summed E-state index contributed by atoms with van der Waals surface area (Å²) in [5.74, 6) is 0. The average molecular weight is 669 g/mol. The average Bonchev–Trinajstić information content (AvgIpc) is 2.61. The molecule has 0 saturated heterocycles. The molecule has 0 spiro atoms. The van der Waals surface area contributed by atoms with E-state index < -0.39 is 88.6 Å². The lowest BCUT2D eigenvalue weighted by Gasteiger charge is -2.35. The van der Waals surface area contributed by atoms with Gasteiger partial charge in [-0.25, -0.2) is 0 Å². The fourth-order valence-corrected chi connectivity index (χ4v) is 22.6. The van der Waals surface area contributed by atoms with Crippen molar-refractivity contribution in [3.05, 3.63) is 24.6 Å². The topological polar surface area (TPSA) is 118 Å². The van der Waals surface area contributed by atoms with Gasteiger partial charge in [-0.15, -0.1) is 13.2 Å². The molecule has 0 amide bonds. The summed E-state index contributed by atoms with van der Waals surface area (Å²) >= 11 is 0. The van der Waals surface area contributed by atoms with E-state index in [-0.39, 0.29) is 0 Å². The SMILES string of the molecule is C=C[Si](C)(O[Si](C)(C)O)O[Si](C)(O)CCC(F)(F)F.C=C[Si](C)(O[Si](C)(C)O)O[Si](C)(O)CCC(F)(F)F. The van der Waals surface area contributed by atoms with Gasteiger partial charge >= 0.3 is 63.7 Å². The standard InChI is InChI=1S/2C9H21F3O4Si3/c2*1-6-19(5,15-17(2,3)13)16-18(4,14)8-7-9(10,11)12/h2*6,13-14H,1,7-8H2,2-5H3. The summed E-state index contributed by atoms with van der Waals surface area (Å²) in [7, 11) is -19.0. The van der Waals surface area contributed by atoms with Gasteiger partial charge in [-0.3, -0.25) is 0 Å². The summed E-state index contributed by atoms with van der Waals surface area (Å²) in [6, 6.07) is -0.937.